The molecule has 0 spiro atoms. The molecule has 2 aromatic rings. The van der Waals surface area contributed by atoms with Crippen LogP contribution in [0.2, 0.25) is 10.0 Å². The Morgan fingerprint density at radius 3 is 2.58 bits per heavy atom. The first-order chi connectivity index (χ1) is 9.02. The lowest BCUT2D eigenvalue weighted by Crippen LogP contribution is -1.94. The number of hydrogen-bond acceptors (Lipinski definition) is 2. The van der Waals surface area contributed by atoms with Gasteiger partial charge in [0.05, 0.1) is 15.6 Å². The number of halogens is 4. The van der Waals surface area contributed by atoms with Crippen LogP contribution in [-0.2, 0) is 0 Å². The predicted octanol–water partition coefficient (Wildman–Crippen LogP) is 5.50. The zero-order chi connectivity index (χ0) is 14.0. The van der Waals surface area contributed by atoms with Gasteiger partial charge in [-0.2, -0.15) is 0 Å². The first-order valence-electron chi connectivity index (χ1n) is 5.09. The lowest BCUT2D eigenvalue weighted by atomic mass is 10.2. The third-order valence-electron chi connectivity index (χ3n) is 2.33. The Hall–Kier alpha value is -1.10. The zero-order valence-corrected chi connectivity index (χ0v) is 12.4. The van der Waals surface area contributed by atoms with Gasteiger partial charge in [-0.05, 0) is 34.1 Å². The van der Waals surface area contributed by atoms with E-state index in [9.17, 15) is 9.18 Å². The molecule has 0 aliphatic rings. The summed E-state index contributed by atoms with van der Waals surface area (Å²) in [4.78, 5) is 10.9. The normalized spacial score (nSPS) is 10.3. The summed E-state index contributed by atoms with van der Waals surface area (Å²) in [5.74, 6) is -0.342. The van der Waals surface area contributed by atoms with Crippen LogP contribution >= 0.6 is 39.1 Å². The lowest BCUT2D eigenvalue weighted by molar-refractivity contribution is 0.111. The number of rotatable bonds is 3. The number of hydrogen-bond donors (Lipinski definition) is 0. The molecular weight excluding hydrogens is 358 g/mol. The summed E-state index contributed by atoms with van der Waals surface area (Å²) < 4.78 is 19.5. The topological polar surface area (TPSA) is 26.3 Å². The monoisotopic (exact) mass is 362 g/mol. The van der Waals surface area contributed by atoms with Crippen molar-refractivity contribution in [2.24, 2.45) is 0 Å². The van der Waals surface area contributed by atoms with Gasteiger partial charge < -0.3 is 4.74 Å². The molecule has 98 valence electrons. The fourth-order valence-electron chi connectivity index (χ4n) is 1.42. The van der Waals surface area contributed by atoms with E-state index in [2.05, 4.69) is 15.9 Å². The second-order valence-electron chi connectivity index (χ2n) is 3.57. The van der Waals surface area contributed by atoms with Gasteiger partial charge in [0.2, 0.25) is 0 Å². The summed E-state index contributed by atoms with van der Waals surface area (Å²) in [5.41, 5.74) is -0.169. The molecule has 2 nitrogen and oxygen atoms in total. The Labute approximate surface area is 127 Å². The van der Waals surface area contributed by atoms with Crippen molar-refractivity contribution in [3.05, 3.63) is 56.2 Å². The van der Waals surface area contributed by atoms with Crippen molar-refractivity contribution < 1.29 is 13.9 Å². The van der Waals surface area contributed by atoms with Crippen molar-refractivity contribution in [3.8, 4) is 11.5 Å². The Bertz CT molecular complexity index is 647. The molecule has 0 unspecified atom stereocenters. The van der Waals surface area contributed by atoms with E-state index in [4.69, 9.17) is 27.9 Å². The fraction of sp³-hybridized carbons (Fsp3) is 0. The van der Waals surface area contributed by atoms with Crippen LogP contribution in [0, 0.1) is 5.82 Å². The first-order valence-corrected chi connectivity index (χ1v) is 6.64. The Morgan fingerprint density at radius 1 is 1.16 bits per heavy atom. The highest BCUT2D eigenvalue weighted by atomic mass is 79.9. The number of aldehydes is 1. The van der Waals surface area contributed by atoms with Crippen molar-refractivity contribution in [3.63, 3.8) is 0 Å². The second kappa shape index (κ2) is 5.90. The molecule has 0 heterocycles. The standard InChI is InChI=1S/C13H6BrCl2FO2/c14-8-4-10(16)13(5-9(8)15)19-12-3-1-2-11(17)7(12)6-18/h1-6H. The smallest absolute Gasteiger partial charge is 0.156 e. The van der Waals surface area contributed by atoms with Crippen LogP contribution in [-0.4, -0.2) is 6.29 Å². The Kier molecular flexibility index (Phi) is 4.45. The summed E-state index contributed by atoms with van der Waals surface area (Å²) in [6.45, 7) is 0. The van der Waals surface area contributed by atoms with Crippen molar-refractivity contribution >= 4 is 45.4 Å². The van der Waals surface area contributed by atoms with E-state index in [-0.39, 0.29) is 22.1 Å². The van der Waals surface area contributed by atoms with Gasteiger partial charge in [0.25, 0.3) is 0 Å². The van der Waals surface area contributed by atoms with Gasteiger partial charge in [-0.15, -0.1) is 0 Å². The summed E-state index contributed by atoms with van der Waals surface area (Å²) in [5, 5.41) is 0.681. The maximum atomic E-state index is 13.4. The molecule has 0 fully saturated rings. The van der Waals surface area contributed by atoms with Crippen molar-refractivity contribution in [2.45, 2.75) is 0 Å². The van der Waals surface area contributed by atoms with Gasteiger partial charge >= 0.3 is 0 Å². The third kappa shape index (κ3) is 3.08. The number of benzene rings is 2. The van der Waals surface area contributed by atoms with E-state index in [0.29, 0.717) is 15.8 Å². The lowest BCUT2D eigenvalue weighted by Gasteiger charge is -2.11. The highest BCUT2D eigenvalue weighted by Gasteiger charge is 2.13. The van der Waals surface area contributed by atoms with Crippen LogP contribution in [0.1, 0.15) is 10.4 Å². The Balaban J connectivity index is 2.45. The molecule has 2 aromatic carbocycles. The van der Waals surface area contributed by atoms with E-state index in [1.54, 1.807) is 6.07 Å². The van der Waals surface area contributed by atoms with Gasteiger partial charge in [0, 0.05) is 10.5 Å². The summed E-state index contributed by atoms with van der Waals surface area (Å²) in [7, 11) is 0. The molecule has 0 saturated carbocycles. The number of carbonyl (C=O) groups excluding carboxylic acids is 1. The van der Waals surface area contributed by atoms with E-state index < -0.39 is 5.82 Å². The molecular formula is C13H6BrCl2FO2. The van der Waals surface area contributed by atoms with Crippen molar-refractivity contribution in [1.29, 1.82) is 0 Å². The summed E-state index contributed by atoms with van der Waals surface area (Å²) in [6.07, 6.45) is 0.388. The molecule has 2 rings (SSSR count). The molecule has 0 amide bonds. The molecule has 0 aliphatic carbocycles. The van der Waals surface area contributed by atoms with Crippen molar-refractivity contribution in [2.75, 3.05) is 0 Å². The molecule has 0 aromatic heterocycles. The molecule has 6 heteroatoms. The average Bonchev–Trinajstić information content (AvgIpc) is 2.36. The average molecular weight is 364 g/mol. The van der Waals surface area contributed by atoms with Crippen LogP contribution in [0.15, 0.2) is 34.8 Å². The molecule has 0 atom stereocenters. The van der Waals surface area contributed by atoms with Gasteiger partial charge in [-0.3, -0.25) is 4.79 Å². The zero-order valence-electron chi connectivity index (χ0n) is 9.29. The number of ether oxygens (including phenoxy) is 1. The Morgan fingerprint density at radius 2 is 1.89 bits per heavy atom. The van der Waals surface area contributed by atoms with Crippen LogP contribution in [0.25, 0.3) is 0 Å². The van der Waals surface area contributed by atoms with Gasteiger partial charge in [0.15, 0.2) is 6.29 Å². The molecule has 0 saturated heterocycles. The maximum absolute atomic E-state index is 13.4. The molecule has 19 heavy (non-hydrogen) atoms. The third-order valence-corrected chi connectivity index (χ3v) is 3.82. The molecule has 0 N–H and O–H groups in total. The quantitative estimate of drug-likeness (QED) is 0.531. The van der Waals surface area contributed by atoms with Gasteiger partial charge in [0.1, 0.15) is 17.3 Å². The number of carbonyl (C=O) groups is 1. The predicted molar refractivity (Wildman–Crippen MR) is 76.0 cm³/mol. The van der Waals surface area contributed by atoms with E-state index in [1.807, 2.05) is 0 Å². The van der Waals surface area contributed by atoms with Crippen LogP contribution in [0.4, 0.5) is 4.39 Å². The highest BCUT2D eigenvalue weighted by Crippen LogP contribution is 2.37. The van der Waals surface area contributed by atoms with E-state index in [0.717, 1.165) is 0 Å². The van der Waals surface area contributed by atoms with E-state index in [1.165, 1.54) is 24.3 Å². The van der Waals surface area contributed by atoms with Crippen LogP contribution in [0.5, 0.6) is 11.5 Å². The van der Waals surface area contributed by atoms with Crippen molar-refractivity contribution in [1.82, 2.24) is 0 Å². The minimum absolute atomic E-state index is 0.0790. The maximum Gasteiger partial charge on any atom is 0.156 e. The van der Waals surface area contributed by atoms with Gasteiger partial charge in [-0.1, -0.05) is 29.3 Å². The highest BCUT2D eigenvalue weighted by molar-refractivity contribution is 9.10. The molecule has 0 bridgehead atoms. The molecule has 0 aliphatic heterocycles. The second-order valence-corrected chi connectivity index (χ2v) is 5.24. The van der Waals surface area contributed by atoms with Crippen LogP contribution in [0.3, 0.4) is 0 Å². The largest absolute Gasteiger partial charge is 0.455 e. The van der Waals surface area contributed by atoms with E-state index >= 15 is 0 Å². The summed E-state index contributed by atoms with van der Waals surface area (Å²) in [6, 6.07) is 7.12. The summed E-state index contributed by atoms with van der Waals surface area (Å²) >= 11 is 15.1. The van der Waals surface area contributed by atoms with Gasteiger partial charge in [-0.25, -0.2) is 4.39 Å². The molecule has 0 radical (unpaired) electrons. The minimum Gasteiger partial charge on any atom is -0.455 e. The first kappa shape index (κ1) is 14.3. The minimum atomic E-state index is -0.660. The fourth-order valence-corrected chi connectivity index (χ4v) is 2.25. The SMILES string of the molecule is O=Cc1c(F)cccc1Oc1cc(Cl)c(Br)cc1Cl. The van der Waals surface area contributed by atoms with Crippen LogP contribution < -0.4 is 4.74 Å².